The Morgan fingerprint density at radius 3 is 2.58 bits per heavy atom. The average Bonchev–Trinajstić information content (AvgIpc) is 3.27. The van der Waals surface area contributed by atoms with E-state index < -0.39 is 0 Å². The van der Waals surface area contributed by atoms with E-state index in [-0.39, 0.29) is 0 Å². The lowest BCUT2D eigenvalue weighted by molar-refractivity contribution is 0.664. The molecule has 0 saturated carbocycles. The summed E-state index contributed by atoms with van der Waals surface area (Å²) in [7, 11) is 0. The molecule has 4 aromatic heterocycles. The number of fused-ring (bicyclic) bond motifs is 1. The highest BCUT2D eigenvalue weighted by molar-refractivity contribution is 5.81. The van der Waals surface area contributed by atoms with Gasteiger partial charge in [0.05, 0.1) is 34.7 Å². The Morgan fingerprint density at radius 2 is 1.70 bits per heavy atom. The monoisotopic (exact) mass is 434 g/mol. The summed E-state index contributed by atoms with van der Waals surface area (Å²) in [6.07, 6.45) is 2.76. The van der Waals surface area contributed by atoms with E-state index in [2.05, 4.69) is 46.5 Å². The van der Waals surface area contributed by atoms with Gasteiger partial charge in [-0.15, -0.1) is 0 Å². The summed E-state index contributed by atoms with van der Waals surface area (Å²) in [6.45, 7) is 5.66. The molecular weight excluding hydrogens is 408 g/mol. The number of pyridine rings is 3. The second-order valence-corrected chi connectivity index (χ2v) is 8.16. The highest BCUT2D eigenvalue weighted by Crippen LogP contribution is 2.29. The van der Waals surface area contributed by atoms with Crippen molar-refractivity contribution in [3.8, 4) is 22.8 Å². The van der Waals surface area contributed by atoms with Crippen molar-refractivity contribution in [2.45, 2.75) is 26.8 Å². The first-order chi connectivity index (χ1) is 16.2. The minimum Gasteiger partial charge on any atom is -0.339 e. The number of aromatic amines is 1. The third kappa shape index (κ3) is 4.66. The van der Waals surface area contributed by atoms with Crippen LogP contribution in [0.3, 0.4) is 0 Å². The molecule has 0 saturated heterocycles. The van der Waals surface area contributed by atoms with Gasteiger partial charge in [0, 0.05) is 11.9 Å². The number of aromatic nitrogens is 5. The van der Waals surface area contributed by atoms with Crippen molar-refractivity contribution in [3.05, 3.63) is 95.6 Å². The molecule has 0 spiro atoms. The number of hydrogen-bond acceptors (Lipinski definition) is 5. The molecule has 0 atom stereocenters. The summed E-state index contributed by atoms with van der Waals surface area (Å²) < 4.78 is 0. The van der Waals surface area contributed by atoms with Gasteiger partial charge in [-0.05, 0) is 74.3 Å². The number of benzene rings is 1. The maximum atomic E-state index is 4.90. The predicted octanol–water partition coefficient (Wildman–Crippen LogP) is 5.03. The third-order valence-electron chi connectivity index (χ3n) is 5.72. The minimum atomic E-state index is 0.639. The van der Waals surface area contributed by atoms with E-state index in [0.717, 1.165) is 58.3 Å². The summed E-state index contributed by atoms with van der Waals surface area (Å²) in [5.41, 5.74) is 8.70. The summed E-state index contributed by atoms with van der Waals surface area (Å²) >= 11 is 0. The van der Waals surface area contributed by atoms with Crippen molar-refractivity contribution in [2.24, 2.45) is 0 Å². The minimum absolute atomic E-state index is 0.639. The summed E-state index contributed by atoms with van der Waals surface area (Å²) in [5, 5.41) is 3.52. The number of hydrogen-bond donors (Lipinski definition) is 2. The summed E-state index contributed by atoms with van der Waals surface area (Å²) in [6, 6.07) is 22.3. The van der Waals surface area contributed by atoms with Crippen LogP contribution in [0.4, 0.5) is 0 Å². The predicted molar refractivity (Wildman–Crippen MR) is 132 cm³/mol. The summed E-state index contributed by atoms with van der Waals surface area (Å²) in [5.74, 6) is 0.862. The molecule has 164 valence electrons. The van der Waals surface area contributed by atoms with Crippen LogP contribution in [0.1, 0.15) is 22.6 Å². The third-order valence-corrected chi connectivity index (χ3v) is 5.72. The Morgan fingerprint density at radius 1 is 0.788 bits per heavy atom. The molecule has 5 rings (SSSR count). The molecule has 33 heavy (non-hydrogen) atoms. The number of rotatable bonds is 7. The second-order valence-electron chi connectivity index (χ2n) is 8.16. The topological polar surface area (TPSA) is 79.4 Å². The van der Waals surface area contributed by atoms with Crippen molar-refractivity contribution in [1.82, 2.24) is 30.2 Å². The number of nitrogens with zero attached hydrogens (tertiary/aromatic N) is 4. The highest BCUT2D eigenvalue weighted by Gasteiger charge is 2.17. The van der Waals surface area contributed by atoms with Crippen molar-refractivity contribution < 1.29 is 0 Å². The van der Waals surface area contributed by atoms with E-state index in [1.807, 2.05) is 49.4 Å². The van der Waals surface area contributed by atoms with Crippen LogP contribution in [-0.4, -0.2) is 31.5 Å². The Labute approximate surface area is 193 Å². The molecule has 0 unspecified atom stereocenters. The van der Waals surface area contributed by atoms with Gasteiger partial charge in [-0.3, -0.25) is 9.97 Å². The highest BCUT2D eigenvalue weighted by atomic mass is 15.0. The lowest BCUT2D eigenvalue weighted by Crippen LogP contribution is -2.17. The van der Waals surface area contributed by atoms with Crippen LogP contribution >= 0.6 is 0 Å². The molecule has 0 aliphatic heterocycles. The van der Waals surface area contributed by atoms with Gasteiger partial charge in [-0.2, -0.15) is 0 Å². The maximum absolute atomic E-state index is 4.90. The second kappa shape index (κ2) is 9.30. The van der Waals surface area contributed by atoms with Gasteiger partial charge in [0.25, 0.3) is 0 Å². The molecule has 6 heteroatoms. The molecule has 1 aromatic carbocycles. The first-order valence-corrected chi connectivity index (χ1v) is 11.2. The fourth-order valence-corrected chi connectivity index (χ4v) is 3.97. The zero-order chi connectivity index (χ0) is 22.6. The standard InChI is InChI=1S/C27H26N6/c1-18-7-3-4-9-20(18)14-16-28-17-25-32-26(23-10-5-8-19(2)30-23)27(33-25)24-13-12-21-22(31-24)11-6-15-29-21/h3-13,15,28H,14,16-17H2,1-2H3,(H,32,33). The molecule has 0 fully saturated rings. The van der Waals surface area contributed by atoms with Crippen LogP contribution in [0.2, 0.25) is 0 Å². The quantitative estimate of drug-likeness (QED) is 0.351. The molecule has 0 bridgehead atoms. The Hall–Kier alpha value is -3.90. The van der Waals surface area contributed by atoms with Gasteiger partial charge < -0.3 is 10.3 Å². The number of imidazole rings is 1. The summed E-state index contributed by atoms with van der Waals surface area (Å²) in [4.78, 5) is 22.3. The normalized spacial score (nSPS) is 11.2. The lowest BCUT2D eigenvalue weighted by atomic mass is 10.1. The van der Waals surface area contributed by atoms with Gasteiger partial charge in [-0.1, -0.05) is 30.3 Å². The van der Waals surface area contributed by atoms with E-state index in [0.29, 0.717) is 6.54 Å². The first kappa shape index (κ1) is 21.0. The van der Waals surface area contributed by atoms with Crippen molar-refractivity contribution in [1.29, 1.82) is 0 Å². The first-order valence-electron chi connectivity index (χ1n) is 11.2. The number of nitrogens with one attached hydrogen (secondary N) is 2. The number of H-pyrrole nitrogens is 1. The molecule has 0 aliphatic rings. The van der Waals surface area contributed by atoms with Crippen LogP contribution in [-0.2, 0) is 13.0 Å². The zero-order valence-corrected chi connectivity index (χ0v) is 18.8. The molecule has 0 aliphatic carbocycles. The van der Waals surface area contributed by atoms with E-state index in [4.69, 9.17) is 15.0 Å². The van der Waals surface area contributed by atoms with Crippen molar-refractivity contribution >= 4 is 11.0 Å². The molecule has 4 heterocycles. The van der Waals surface area contributed by atoms with E-state index in [1.165, 1.54) is 11.1 Å². The SMILES string of the molecule is Cc1cccc(-c2nc(CNCCc3ccccc3C)[nH]c2-c2ccc3ncccc3n2)n1. The van der Waals surface area contributed by atoms with E-state index in [9.17, 15) is 0 Å². The average molecular weight is 435 g/mol. The molecule has 6 nitrogen and oxygen atoms in total. The van der Waals surface area contributed by atoms with Gasteiger partial charge in [0.15, 0.2) is 0 Å². The van der Waals surface area contributed by atoms with E-state index in [1.54, 1.807) is 6.20 Å². The molecule has 5 aromatic rings. The smallest absolute Gasteiger partial charge is 0.121 e. The van der Waals surface area contributed by atoms with Gasteiger partial charge in [0.2, 0.25) is 0 Å². The van der Waals surface area contributed by atoms with Crippen LogP contribution in [0.5, 0.6) is 0 Å². The largest absolute Gasteiger partial charge is 0.339 e. The van der Waals surface area contributed by atoms with Gasteiger partial charge >= 0.3 is 0 Å². The van der Waals surface area contributed by atoms with Crippen molar-refractivity contribution in [3.63, 3.8) is 0 Å². The Balaban J connectivity index is 1.42. The van der Waals surface area contributed by atoms with E-state index >= 15 is 0 Å². The van der Waals surface area contributed by atoms with Gasteiger partial charge in [0.1, 0.15) is 11.5 Å². The van der Waals surface area contributed by atoms with Gasteiger partial charge in [-0.25, -0.2) is 9.97 Å². The van der Waals surface area contributed by atoms with Crippen LogP contribution in [0.25, 0.3) is 33.8 Å². The van der Waals surface area contributed by atoms with Crippen LogP contribution in [0.15, 0.2) is 72.9 Å². The van der Waals surface area contributed by atoms with Crippen molar-refractivity contribution in [2.75, 3.05) is 6.54 Å². The Kier molecular flexibility index (Phi) is 5.91. The van der Waals surface area contributed by atoms with Crippen LogP contribution < -0.4 is 5.32 Å². The molecular formula is C27H26N6. The van der Waals surface area contributed by atoms with Crippen LogP contribution in [0, 0.1) is 13.8 Å². The number of aryl methyl sites for hydroxylation is 2. The fraction of sp³-hybridized carbons (Fsp3) is 0.185. The lowest BCUT2D eigenvalue weighted by Gasteiger charge is -2.06. The molecule has 0 amide bonds. The fourth-order valence-electron chi connectivity index (χ4n) is 3.97. The zero-order valence-electron chi connectivity index (χ0n) is 18.8. The maximum Gasteiger partial charge on any atom is 0.121 e. The Bertz CT molecular complexity index is 1400. The molecule has 2 N–H and O–H groups in total. The molecule has 0 radical (unpaired) electrons.